The van der Waals surface area contributed by atoms with E-state index in [0.29, 0.717) is 12.8 Å². The summed E-state index contributed by atoms with van der Waals surface area (Å²) in [7, 11) is 0. The van der Waals surface area contributed by atoms with Crippen LogP contribution in [0.15, 0.2) is 0 Å². The normalized spacial score (nSPS) is 15.3. The molecule has 0 aliphatic heterocycles. The van der Waals surface area contributed by atoms with E-state index in [0.717, 1.165) is 0 Å². The molecule has 62 valence electrons. The van der Waals surface area contributed by atoms with Gasteiger partial charge in [0.15, 0.2) is 0 Å². The lowest BCUT2D eigenvalue weighted by Gasteiger charge is -2.12. The molecule has 0 rings (SSSR count). The Morgan fingerprint density at radius 2 is 1.90 bits per heavy atom. The highest BCUT2D eigenvalue weighted by molar-refractivity contribution is 4.64. The molecule has 0 aliphatic rings. The highest BCUT2D eigenvalue weighted by Gasteiger charge is 2.29. The molecular formula is C6H12F3N. The minimum absolute atomic E-state index is 0.444. The van der Waals surface area contributed by atoms with Crippen LogP contribution in [0.3, 0.4) is 0 Å². The Morgan fingerprint density at radius 3 is 2.20 bits per heavy atom. The SMILES string of the molecule is CCC[C@H](N)CC(F)(F)F. The van der Waals surface area contributed by atoms with Gasteiger partial charge in [0.1, 0.15) is 0 Å². The Labute approximate surface area is 58.4 Å². The maximum absolute atomic E-state index is 11.5. The third-order valence-electron chi connectivity index (χ3n) is 1.15. The predicted molar refractivity (Wildman–Crippen MR) is 33.6 cm³/mol. The summed E-state index contributed by atoms with van der Waals surface area (Å²) in [5.74, 6) is 0. The fourth-order valence-corrected chi connectivity index (χ4v) is 0.770. The van der Waals surface area contributed by atoms with Crippen molar-refractivity contribution < 1.29 is 13.2 Å². The lowest BCUT2D eigenvalue weighted by atomic mass is 10.1. The zero-order valence-corrected chi connectivity index (χ0v) is 5.91. The molecule has 0 fully saturated rings. The molecule has 2 N–H and O–H groups in total. The number of halogens is 3. The molecule has 0 bridgehead atoms. The van der Waals surface area contributed by atoms with Gasteiger partial charge in [-0.15, -0.1) is 0 Å². The van der Waals surface area contributed by atoms with Crippen LogP contribution in [0.5, 0.6) is 0 Å². The summed E-state index contributed by atoms with van der Waals surface area (Å²) in [6.45, 7) is 1.82. The average Bonchev–Trinajstić information content (AvgIpc) is 1.59. The van der Waals surface area contributed by atoms with Gasteiger partial charge in [0.05, 0.1) is 6.42 Å². The topological polar surface area (TPSA) is 26.0 Å². The number of hydrogen-bond acceptors (Lipinski definition) is 1. The molecule has 0 amide bonds. The van der Waals surface area contributed by atoms with Gasteiger partial charge in [0.2, 0.25) is 0 Å². The van der Waals surface area contributed by atoms with Crippen molar-refractivity contribution in [2.75, 3.05) is 0 Å². The fraction of sp³-hybridized carbons (Fsp3) is 1.00. The lowest BCUT2D eigenvalue weighted by Crippen LogP contribution is -2.27. The molecule has 0 spiro atoms. The number of rotatable bonds is 3. The van der Waals surface area contributed by atoms with Crippen molar-refractivity contribution in [2.45, 2.75) is 38.4 Å². The molecule has 0 aliphatic carbocycles. The van der Waals surface area contributed by atoms with E-state index in [1.807, 2.05) is 6.92 Å². The monoisotopic (exact) mass is 155 g/mol. The summed E-state index contributed by atoms with van der Waals surface area (Å²) in [5, 5.41) is 0. The summed E-state index contributed by atoms with van der Waals surface area (Å²) in [5.41, 5.74) is 5.15. The van der Waals surface area contributed by atoms with Gasteiger partial charge in [0, 0.05) is 6.04 Å². The van der Waals surface area contributed by atoms with Gasteiger partial charge in [-0.3, -0.25) is 0 Å². The largest absolute Gasteiger partial charge is 0.390 e. The first-order valence-electron chi connectivity index (χ1n) is 3.28. The van der Waals surface area contributed by atoms with Crippen molar-refractivity contribution in [1.82, 2.24) is 0 Å². The highest BCUT2D eigenvalue weighted by Crippen LogP contribution is 2.21. The van der Waals surface area contributed by atoms with Crippen LogP contribution in [0.2, 0.25) is 0 Å². The van der Waals surface area contributed by atoms with E-state index in [9.17, 15) is 13.2 Å². The van der Waals surface area contributed by atoms with Crippen LogP contribution in [-0.2, 0) is 0 Å². The van der Waals surface area contributed by atoms with Gasteiger partial charge < -0.3 is 5.73 Å². The van der Waals surface area contributed by atoms with Crippen molar-refractivity contribution in [3.05, 3.63) is 0 Å². The third kappa shape index (κ3) is 5.88. The van der Waals surface area contributed by atoms with Gasteiger partial charge in [-0.2, -0.15) is 13.2 Å². The zero-order chi connectivity index (χ0) is 8.20. The molecule has 4 heteroatoms. The van der Waals surface area contributed by atoms with Crippen molar-refractivity contribution in [2.24, 2.45) is 5.73 Å². The summed E-state index contributed by atoms with van der Waals surface area (Å²) in [6, 6.07) is -0.718. The van der Waals surface area contributed by atoms with Gasteiger partial charge >= 0.3 is 6.18 Å². The number of nitrogens with two attached hydrogens (primary N) is 1. The Balaban J connectivity index is 3.47. The molecule has 0 radical (unpaired) electrons. The summed E-state index contributed by atoms with van der Waals surface area (Å²) >= 11 is 0. The van der Waals surface area contributed by atoms with Crippen LogP contribution < -0.4 is 5.73 Å². The lowest BCUT2D eigenvalue weighted by molar-refractivity contribution is -0.138. The molecule has 1 nitrogen and oxygen atoms in total. The highest BCUT2D eigenvalue weighted by atomic mass is 19.4. The van der Waals surface area contributed by atoms with E-state index in [1.165, 1.54) is 0 Å². The molecule has 0 aromatic carbocycles. The smallest absolute Gasteiger partial charge is 0.327 e. The molecule has 10 heavy (non-hydrogen) atoms. The zero-order valence-electron chi connectivity index (χ0n) is 5.91. The molecule has 0 saturated heterocycles. The number of alkyl halides is 3. The maximum atomic E-state index is 11.5. The van der Waals surface area contributed by atoms with E-state index in [2.05, 4.69) is 0 Å². The van der Waals surface area contributed by atoms with Crippen LogP contribution in [-0.4, -0.2) is 12.2 Å². The fourth-order valence-electron chi connectivity index (χ4n) is 0.770. The van der Waals surface area contributed by atoms with Crippen LogP contribution in [0.1, 0.15) is 26.2 Å². The summed E-state index contributed by atoms with van der Waals surface area (Å²) in [4.78, 5) is 0. The standard InChI is InChI=1S/C6H12F3N/c1-2-3-5(10)4-6(7,8)9/h5H,2-4,10H2,1H3/t5-/m0/s1. The molecular weight excluding hydrogens is 143 g/mol. The van der Waals surface area contributed by atoms with Crippen LogP contribution in [0.25, 0.3) is 0 Å². The molecule has 0 aromatic heterocycles. The first-order chi connectivity index (χ1) is 4.45. The van der Waals surface area contributed by atoms with Crippen molar-refractivity contribution in [3.63, 3.8) is 0 Å². The van der Waals surface area contributed by atoms with Crippen LogP contribution in [0.4, 0.5) is 13.2 Å². The number of hydrogen-bond donors (Lipinski definition) is 1. The summed E-state index contributed by atoms with van der Waals surface area (Å²) in [6.07, 6.45) is -3.81. The van der Waals surface area contributed by atoms with E-state index >= 15 is 0 Å². The molecule has 0 heterocycles. The van der Waals surface area contributed by atoms with E-state index in [4.69, 9.17) is 5.73 Å². The van der Waals surface area contributed by atoms with E-state index in [-0.39, 0.29) is 0 Å². The molecule has 0 unspecified atom stereocenters. The summed E-state index contributed by atoms with van der Waals surface area (Å²) < 4.78 is 34.6. The van der Waals surface area contributed by atoms with Crippen LogP contribution in [0, 0.1) is 0 Å². The van der Waals surface area contributed by atoms with Crippen LogP contribution >= 0.6 is 0 Å². The van der Waals surface area contributed by atoms with Gasteiger partial charge in [-0.05, 0) is 6.42 Å². The quantitative estimate of drug-likeness (QED) is 0.663. The van der Waals surface area contributed by atoms with E-state index < -0.39 is 18.6 Å². The van der Waals surface area contributed by atoms with Crippen molar-refractivity contribution in [3.8, 4) is 0 Å². The molecule has 1 atom stereocenters. The Morgan fingerprint density at radius 1 is 1.40 bits per heavy atom. The first-order valence-corrected chi connectivity index (χ1v) is 3.28. The minimum Gasteiger partial charge on any atom is -0.327 e. The minimum atomic E-state index is -4.10. The van der Waals surface area contributed by atoms with Crippen molar-refractivity contribution in [1.29, 1.82) is 0 Å². The predicted octanol–water partition coefficient (Wildman–Crippen LogP) is 2.07. The average molecular weight is 155 g/mol. The third-order valence-corrected chi connectivity index (χ3v) is 1.15. The Kier molecular flexibility index (Phi) is 3.71. The second-order valence-corrected chi connectivity index (χ2v) is 2.37. The van der Waals surface area contributed by atoms with Gasteiger partial charge in [-0.1, -0.05) is 13.3 Å². The second-order valence-electron chi connectivity index (χ2n) is 2.37. The Hall–Kier alpha value is -0.250. The maximum Gasteiger partial charge on any atom is 0.390 e. The molecule has 0 aromatic rings. The first kappa shape index (κ1) is 9.75. The second kappa shape index (κ2) is 3.81. The van der Waals surface area contributed by atoms with E-state index in [1.54, 1.807) is 0 Å². The van der Waals surface area contributed by atoms with Gasteiger partial charge in [-0.25, -0.2) is 0 Å². The Bertz CT molecular complexity index is 89.5. The van der Waals surface area contributed by atoms with Crippen molar-refractivity contribution >= 4 is 0 Å². The van der Waals surface area contributed by atoms with Gasteiger partial charge in [0.25, 0.3) is 0 Å². The molecule has 0 saturated carbocycles.